The second kappa shape index (κ2) is 15.5. The number of aryl methyl sites for hydroxylation is 3. The second-order valence-electron chi connectivity index (χ2n) is 15.5. The maximum atomic E-state index is 14.9. The lowest BCUT2D eigenvalue weighted by molar-refractivity contribution is 0.0112. The number of nitrogens with zero attached hydrogens (tertiary/aromatic N) is 4. The van der Waals surface area contributed by atoms with Gasteiger partial charge in [0.05, 0.1) is 37.4 Å². The van der Waals surface area contributed by atoms with Gasteiger partial charge in [-0.1, -0.05) is 42.8 Å². The van der Waals surface area contributed by atoms with Crippen LogP contribution in [-0.2, 0) is 38.3 Å². The molecule has 1 fully saturated rings. The Bertz CT molecular complexity index is 2050. The van der Waals surface area contributed by atoms with Crippen LogP contribution < -0.4 is 19.1 Å². The van der Waals surface area contributed by atoms with Gasteiger partial charge in [0.15, 0.2) is 0 Å². The molecule has 2 bridgehead atoms. The molecule has 3 aromatic rings. The van der Waals surface area contributed by atoms with E-state index in [1.165, 1.54) is 34.7 Å². The number of aromatic nitrogens is 2. The van der Waals surface area contributed by atoms with Gasteiger partial charge in [-0.05, 0) is 87.1 Å². The molecule has 290 valence electrons. The molecule has 1 N–H and O–H groups in total. The molecular formula is C41H53N5O7S. The summed E-state index contributed by atoms with van der Waals surface area (Å²) in [4.78, 5) is 30.3. The number of amides is 2. The lowest BCUT2D eigenvalue weighted by Crippen LogP contribution is -2.49. The van der Waals surface area contributed by atoms with Gasteiger partial charge in [-0.2, -0.15) is 0 Å². The number of methoxy groups -OCH3 is 2. The third-order valence-corrected chi connectivity index (χ3v) is 13.7. The average molecular weight is 760 g/mol. The summed E-state index contributed by atoms with van der Waals surface area (Å²) in [7, 11) is 1.09. The number of carbonyl (C=O) groups excluding carboxylic acids is 2. The predicted molar refractivity (Wildman–Crippen MR) is 208 cm³/mol. The Morgan fingerprint density at radius 3 is 2.69 bits per heavy atom. The third kappa shape index (κ3) is 7.54. The first-order valence-corrected chi connectivity index (χ1v) is 20.8. The van der Waals surface area contributed by atoms with Gasteiger partial charge in [0, 0.05) is 56.9 Å². The highest BCUT2D eigenvalue weighted by Crippen LogP contribution is 2.47. The van der Waals surface area contributed by atoms with Crippen LogP contribution in [0.25, 0.3) is 0 Å². The molecule has 1 unspecified atom stereocenters. The average Bonchev–Trinajstić information content (AvgIpc) is 3.45. The zero-order valence-electron chi connectivity index (χ0n) is 32.2. The van der Waals surface area contributed by atoms with Crippen molar-refractivity contribution in [1.29, 1.82) is 0 Å². The van der Waals surface area contributed by atoms with Crippen molar-refractivity contribution in [2.75, 3.05) is 51.2 Å². The van der Waals surface area contributed by atoms with Crippen LogP contribution in [0.15, 0.2) is 59.1 Å². The third-order valence-electron chi connectivity index (χ3n) is 11.7. The van der Waals surface area contributed by atoms with Crippen LogP contribution in [-0.4, -0.2) is 84.3 Å². The van der Waals surface area contributed by atoms with Crippen molar-refractivity contribution in [3.63, 3.8) is 0 Å². The highest BCUT2D eigenvalue weighted by molar-refractivity contribution is 7.92. The molecule has 1 spiro atoms. The summed E-state index contributed by atoms with van der Waals surface area (Å²) in [6, 6.07) is 12.1. The number of hydrogen-bond acceptors (Lipinski definition) is 9. The molecule has 3 heterocycles. The first kappa shape index (κ1) is 38.1. The molecule has 2 amide bonds. The Morgan fingerprint density at radius 1 is 1.13 bits per heavy atom. The van der Waals surface area contributed by atoms with Crippen molar-refractivity contribution >= 4 is 27.4 Å². The minimum Gasteiger partial charge on any atom is -0.490 e. The van der Waals surface area contributed by atoms with Gasteiger partial charge < -0.3 is 23.8 Å². The summed E-state index contributed by atoms with van der Waals surface area (Å²) in [6.45, 7) is 8.36. The van der Waals surface area contributed by atoms with Gasteiger partial charge in [-0.25, -0.2) is 4.21 Å². The molecule has 54 heavy (non-hydrogen) atoms. The fourth-order valence-electron chi connectivity index (χ4n) is 8.88. The number of carbonyl (C=O) groups is 2. The Kier molecular flexibility index (Phi) is 10.9. The van der Waals surface area contributed by atoms with E-state index in [2.05, 4.69) is 50.3 Å². The summed E-state index contributed by atoms with van der Waals surface area (Å²) in [5, 5.41) is 4.17. The maximum absolute atomic E-state index is 14.9. The Balaban J connectivity index is 1.33. The van der Waals surface area contributed by atoms with Crippen molar-refractivity contribution < 1.29 is 32.7 Å². The minimum atomic E-state index is -3.71. The van der Waals surface area contributed by atoms with Crippen molar-refractivity contribution in [1.82, 2.24) is 14.5 Å². The predicted octanol–water partition coefficient (Wildman–Crippen LogP) is 5.82. The molecule has 7 rings (SSSR count). The number of fused-ring (bicyclic) bond motifs is 4. The molecule has 0 saturated heterocycles. The molecule has 7 atom stereocenters. The lowest BCUT2D eigenvalue weighted by Gasteiger charge is -2.46. The van der Waals surface area contributed by atoms with E-state index in [1.54, 1.807) is 20.2 Å². The normalized spacial score (nSPS) is 30.1. The number of anilines is 1. The monoisotopic (exact) mass is 759 g/mol. The fourth-order valence-corrected chi connectivity index (χ4v) is 10.8. The topological polar surface area (TPSA) is 134 Å². The van der Waals surface area contributed by atoms with Gasteiger partial charge in [0.25, 0.3) is 11.8 Å². The van der Waals surface area contributed by atoms with Crippen LogP contribution in [0, 0.1) is 24.7 Å². The summed E-state index contributed by atoms with van der Waals surface area (Å²) < 4.78 is 47.5. The zero-order chi connectivity index (χ0) is 38.2. The van der Waals surface area contributed by atoms with Gasteiger partial charge in [0.1, 0.15) is 21.2 Å². The number of rotatable bonds is 6. The highest BCUT2D eigenvalue weighted by Gasteiger charge is 2.44. The number of benzene rings is 2. The van der Waals surface area contributed by atoms with Crippen molar-refractivity contribution in [3.05, 3.63) is 82.6 Å². The van der Waals surface area contributed by atoms with Gasteiger partial charge in [-0.3, -0.25) is 19.0 Å². The first-order chi connectivity index (χ1) is 25.9. The van der Waals surface area contributed by atoms with E-state index in [9.17, 15) is 13.8 Å². The molecule has 0 radical (unpaired) electrons. The van der Waals surface area contributed by atoms with Crippen LogP contribution in [0.1, 0.15) is 76.9 Å². The molecule has 1 saturated carbocycles. The van der Waals surface area contributed by atoms with Crippen LogP contribution >= 0.6 is 0 Å². The number of nitrogens with one attached hydrogen (secondary N) is 1. The first-order valence-electron chi connectivity index (χ1n) is 19.1. The van der Waals surface area contributed by atoms with Crippen molar-refractivity contribution in [2.24, 2.45) is 29.2 Å². The zero-order valence-corrected chi connectivity index (χ0v) is 33.0. The molecule has 4 aliphatic rings. The van der Waals surface area contributed by atoms with E-state index in [1.807, 2.05) is 32.1 Å². The minimum absolute atomic E-state index is 0.0694. The summed E-state index contributed by atoms with van der Waals surface area (Å²) in [5.74, 6) is -0.555. The molecule has 1 aromatic heterocycles. The summed E-state index contributed by atoms with van der Waals surface area (Å²) in [6.07, 6.45) is 10.1. The number of ether oxygens (including phenoxy) is 4. The summed E-state index contributed by atoms with van der Waals surface area (Å²) in [5.41, 5.74) is 4.90. The molecule has 2 aliphatic heterocycles. The SMILES string of the molecule is CCO[C@H]1/C=C/[C@H](OC)[C@@H]2CC[C@H]2CN2C[C@@]3(CCCc4cc(C)ccc43)COc3ccc(cc32)C(=O)N=S(=O)(NC(=O)c2cn(C)nc2OC)C[C@H]1C. The quantitative estimate of drug-likeness (QED) is 0.309. The van der Waals surface area contributed by atoms with Crippen molar-refractivity contribution in [2.45, 2.75) is 70.5 Å². The van der Waals surface area contributed by atoms with E-state index in [0.717, 1.165) is 50.9 Å². The van der Waals surface area contributed by atoms with Gasteiger partial charge >= 0.3 is 0 Å². The Hall–Kier alpha value is -4.20. The second-order valence-corrected chi connectivity index (χ2v) is 17.5. The number of hydrogen-bond donors (Lipinski definition) is 1. The van der Waals surface area contributed by atoms with E-state index in [-0.39, 0.29) is 40.2 Å². The fraction of sp³-hybridized carbons (Fsp3) is 0.537. The highest BCUT2D eigenvalue weighted by atomic mass is 32.2. The smallest absolute Gasteiger partial charge is 0.286 e. The standard InChI is InChI=1S/C41H53N5O7S/c1-7-52-35-16-17-36(50-5)31-13-11-30(31)21-46-24-41(18-8-9-28-19-26(2)10-14-33(28)41)25-53-37-15-12-29(20-34(37)46)38(47)43-54(49,23-27(35)3)44-39(48)32-22-45(4)42-40(32)51-6/h10,12,14-17,19-20,22,27,30-31,35-36H,7-9,11,13,18,21,23-25H2,1-6H3,(H,43,44,47,48,49)/b17-16+/t27-,30+,31-,35+,36+,41+,54?/m1/s1. The lowest BCUT2D eigenvalue weighted by atomic mass is 9.68. The van der Waals surface area contributed by atoms with Crippen LogP contribution in [0.4, 0.5) is 5.69 Å². The van der Waals surface area contributed by atoms with E-state index in [0.29, 0.717) is 24.9 Å². The molecule has 2 aromatic carbocycles. The summed E-state index contributed by atoms with van der Waals surface area (Å²) >= 11 is 0. The van der Waals surface area contributed by atoms with E-state index < -0.39 is 33.8 Å². The van der Waals surface area contributed by atoms with Crippen LogP contribution in [0.5, 0.6) is 11.6 Å². The molecule has 12 nitrogen and oxygen atoms in total. The van der Waals surface area contributed by atoms with E-state index in [4.69, 9.17) is 18.9 Å². The maximum Gasteiger partial charge on any atom is 0.286 e. The molecule has 2 aliphatic carbocycles. The van der Waals surface area contributed by atoms with Crippen molar-refractivity contribution in [3.8, 4) is 11.6 Å². The Morgan fingerprint density at radius 2 is 1.94 bits per heavy atom. The molecular weight excluding hydrogens is 707 g/mol. The Labute approximate surface area is 318 Å². The largest absolute Gasteiger partial charge is 0.490 e. The van der Waals surface area contributed by atoms with E-state index >= 15 is 0 Å². The van der Waals surface area contributed by atoms with Gasteiger partial charge in [0.2, 0.25) is 5.88 Å². The van der Waals surface area contributed by atoms with Crippen LogP contribution in [0.2, 0.25) is 0 Å². The molecule has 13 heteroatoms. The van der Waals surface area contributed by atoms with Gasteiger partial charge in [-0.15, -0.1) is 9.46 Å². The van der Waals surface area contributed by atoms with Crippen LogP contribution in [0.3, 0.4) is 0 Å².